The lowest BCUT2D eigenvalue weighted by molar-refractivity contribution is 0.0858. The zero-order valence-corrected chi connectivity index (χ0v) is 11.5. The molecular weight excluding hydrogens is 210 g/mol. The smallest absolute Gasteiger partial charge is 0.168 e. The quantitative estimate of drug-likeness (QED) is 0.807. The van der Waals surface area contributed by atoms with Crippen molar-refractivity contribution >= 4 is 5.78 Å². The minimum Gasteiger partial charge on any atom is -0.310 e. The number of carbonyl (C=O) groups excluding carboxylic acids is 1. The van der Waals surface area contributed by atoms with Crippen LogP contribution < -0.4 is 5.32 Å². The number of carbonyl (C=O) groups is 1. The molecule has 0 heterocycles. The first-order valence-electron chi connectivity index (χ1n) is 6.18. The summed E-state index contributed by atoms with van der Waals surface area (Å²) in [5.41, 5.74) is 1.70. The predicted molar refractivity (Wildman–Crippen MR) is 72.2 cm³/mol. The number of Topliss-reactive ketones (excluding diaryl/α,β-unsaturated/α-hetero) is 1. The van der Waals surface area contributed by atoms with Crippen molar-refractivity contribution < 1.29 is 4.79 Å². The van der Waals surface area contributed by atoms with Gasteiger partial charge in [0.1, 0.15) is 0 Å². The first kappa shape index (κ1) is 13.9. The third-order valence-corrected chi connectivity index (χ3v) is 2.61. The fourth-order valence-corrected chi connectivity index (χ4v) is 1.53. The van der Waals surface area contributed by atoms with Crippen LogP contribution in [0.15, 0.2) is 24.3 Å². The molecule has 0 aliphatic rings. The van der Waals surface area contributed by atoms with Crippen LogP contribution in [-0.2, 0) is 6.54 Å². The van der Waals surface area contributed by atoms with Crippen molar-refractivity contribution in [2.75, 3.05) is 0 Å². The molecule has 1 rings (SSSR count). The summed E-state index contributed by atoms with van der Waals surface area (Å²) < 4.78 is 0. The summed E-state index contributed by atoms with van der Waals surface area (Å²) in [6.07, 6.45) is 0. The van der Waals surface area contributed by atoms with Crippen molar-refractivity contribution in [1.29, 1.82) is 0 Å². The van der Waals surface area contributed by atoms with Gasteiger partial charge in [0.05, 0.1) is 0 Å². The van der Waals surface area contributed by atoms with Crippen molar-refractivity contribution in [3.05, 3.63) is 35.4 Å². The average Bonchev–Trinajstić information content (AvgIpc) is 2.25. The van der Waals surface area contributed by atoms with E-state index in [-0.39, 0.29) is 11.2 Å². The molecule has 0 amide bonds. The van der Waals surface area contributed by atoms with Crippen molar-refractivity contribution in [1.82, 2.24) is 5.32 Å². The second-order valence-electron chi connectivity index (χ2n) is 5.81. The Morgan fingerprint density at radius 2 is 1.71 bits per heavy atom. The Labute approximate surface area is 104 Å². The maximum absolute atomic E-state index is 12.0. The Kier molecular flexibility index (Phi) is 4.47. The summed E-state index contributed by atoms with van der Waals surface area (Å²) in [5, 5.41) is 3.36. The summed E-state index contributed by atoms with van der Waals surface area (Å²) in [5.74, 6) is 0.195. The molecule has 1 aromatic carbocycles. The van der Waals surface area contributed by atoms with E-state index in [0.717, 1.165) is 12.1 Å². The van der Waals surface area contributed by atoms with Gasteiger partial charge in [0.15, 0.2) is 5.78 Å². The molecule has 0 aliphatic carbocycles. The first-order chi connectivity index (χ1) is 7.80. The van der Waals surface area contributed by atoms with Gasteiger partial charge in [-0.3, -0.25) is 4.79 Å². The van der Waals surface area contributed by atoms with Crippen molar-refractivity contribution in [2.24, 2.45) is 5.41 Å². The normalized spacial score (nSPS) is 11.9. The van der Waals surface area contributed by atoms with E-state index in [1.807, 2.05) is 45.0 Å². The molecule has 17 heavy (non-hydrogen) atoms. The molecule has 0 aromatic heterocycles. The van der Waals surface area contributed by atoms with Crippen LogP contribution in [-0.4, -0.2) is 11.8 Å². The third kappa shape index (κ3) is 4.31. The van der Waals surface area contributed by atoms with E-state index in [1.54, 1.807) is 0 Å². The largest absolute Gasteiger partial charge is 0.310 e. The highest BCUT2D eigenvalue weighted by Gasteiger charge is 2.22. The van der Waals surface area contributed by atoms with Gasteiger partial charge in [-0.25, -0.2) is 0 Å². The first-order valence-corrected chi connectivity index (χ1v) is 6.18. The summed E-state index contributed by atoms with van der Waals surface area (Å²) in [6.45, 7) is 10.9. The van der Waals surface area contributed by atoms with Crippen LogP contribution in [0.1, 0.15) is 50.5 Å². The molecule has 1 aromatic rings. The summed E-state index contributed by atoms with van der Waals surface area (Å²) >= 11 is 0. The van der Waals surface area contributed by atoms with Crippen LogP contribution in [0, 0.1) is 5.41 Å². The van der Waals surface area contributed by atoms with Crippen LogP contribution >= 0.6 is 0 Å². The number of hydrogen-bond donors (Lipinski definition) is 1. The van der Waals surface area contributed by atoms with E-state index < -0.39 is 0 Å². The molecule has 0 unspecified atom stereocenters. The Hall–Kier alpha value is -1.15. The maximum Gasteiger partial charge on any atom is 0.168 e. The zero-order valence-electron chi connectivity index (χ0n) is 11.5. The lowest BCUT2D eigenvalue weighted by Crippen LogP contribution is -2.22. The second-order valence-corrected chi connectivity index (χ2v) is 5.81. The Bertz CT molecular complexity index is 371. The highest BCUT2D eigenvalue weighted by Crippen LogP contribution is 2.20. The minimum absolute atomic E-state index is 0.195. The molecule has 2 heteroatoms. The molecule has 0 atom stereocenters. The Morgan fingerprint density at radius 1 is 1.18 bits per heavy atom. The Morgan fingerprint density at radius 3 is 2.12 bits per heavy atom. The third-order valence-electron chi connectivity index (χ3n) is 2.61. The van der Waals surface area contributed by atoms with Crippen LogP contribution in [0.25, 0.3) is 0 Å². The van der Waals surface area contributed by atoms with E-state index in [4.69, 9.17) is 0 Å². The van der Waals surface area contributed by atoms with Gasteiger partial charge in [-0.2, -0.15) is 0 Å². The molecule has 0 saturated heterocycles. The Balaban J connectivity index is 2.71. The molecule has 0 aliphatic heterocycles. The van der Waals surface area contributed by atoms with Crippen molar-refractivity contribution in [3.63, 3.8) is 0 Å². The van der Waals surface area contributed by atoms with Gasteiger partial charge >= 0.3 is 0 Å². The number of ketones is 1. The molecule has 0 radical (unpaired) electrons. The molecule has 94 valence electrons. The van der Waals surface area contributed by atoms with E-state index in [0.29, 0.717) is 6.04 Å². The van der Waals surface area contributed by atoms with Crippen LogP contribution in [0.3, 0.4) is 0 Å². The molecular formula is C15H23NO. The molecule has 0 saturated carbocycles. The van der Waals surface area contributed by atoms with Gasteiger partial charge in [-0.05, 0) is 5.56 Å². The van der Waals surface area contributed by atoms with E-state index >= 15 is 0 Å². The molecule has 0 spiro atoms. The van der Waals surface area contributed by atoms with Crippen molar-refractivity contribution in [2.45, 2.75) is 47.2 Å². The zero-order chi connectivity index (χ0) is 13.1. The fraction of sp³-hybridized carbons (Fsp3) is 0.533. The van der Waals surface area contributed by atoms with Gasteiger partial charge in [0.2, 0.25) is 0 Å². The molecule has 0 bridgehead atoms. The number of hydrogen-bond acceptors (Lipinski definition) is 2. The van der Waals surface area contributed by atoms with Gasteiger partial charge in [0.25, 0.3) is 0 Å². The minimum atomic E-state index is -0.308. The highest BCUT2D eigenvalue weighted by molar-refractivity contribution is 5.99. The molecule has 0 fully saturated rings. The predicted octanol–water partition coefficient (Wildman–Crippen LogP) is 3.41. The van der Waals surface area contributed by atoms with Crippen molar-refractivity contribution in [3.8, 4) is 0 Å². The summed E-state index contributed by atoms with van der Waals surface area (Å²) in [6, 6.07) is 8.37. The number of rotatable bonds is 4. The number of nitrogens with one attached hydrogen (secondary N) is 1. The van der Waals surface area contributed by atoms with Crippen LogP contribution in [0.2, 0.25) is 0 Å². The van der Waals surface area contributed by atoms with Gasteiger partial charge in [-0.15, -0.1) is 0 Å². The monoisotopic (exact) mass is 233 g/mol. The lowest BCUT2D eigenvalue weighted by Gasteiger charge is -2.16. The molecule has 2 nitrogen and oxygen atoms in total. The summed E-state index contributed by atoms with van der Waals surface area (Å²) in [4.78, 5) is 12.0. The fourth-order valence-electron chi connectivity index (χ4n) is 1.53. The van der Waals surface area contributed by atoms with Crippen LogP contribution in [0.4, 0.5) is 0 Å². The van der Waals surface area contributed by atoms with E-state index in [2.05, 4.69) is 19.2 Å². The highest BCUT2D eigenvalue weighted by atomic mass is 16.1. The topological polar surface area (TPSA) is 29.1 Å². The average molecular weight is 233 g/mol. The van der Waals surface area contributed by atoms with Gasteiger partial charge < -0.3 is 5.32 Å². The standard InChI is InChI=1S/C15H23NO/c1-11(2)16-10-12-6-8-13(9-7-12)14(17)15(3,4)5/h6-9,11,16H,10H2,1-5H3. The van der Waals surface area contributed by atoms with E-state index in [1.165, 1.54) is 5.56 Å². The van der Waals surface area contributed by atoms with Gasteiger partial charge in [0, 0.05) is 23.6 Å². The molecule has 1 N–H and O–H groups in total. The van der Waals surface area contributed by atoms with E-state index in [9.17, 15) is 4.79 Å². The van der Waals surface area contributed by atoms with Crippen LogP contribution in [0.5, 0.6) is 0 Å². The van der Waals surface area contributed by atoms with Gasteiger partial charge in [-0.1, -0.05) is 58.9 Å². The maximum atomic E-state index is 12.0. The second kappa shape index (κ2) is 5.46. The summed E-state index contributed by atoms with van der Waals surface area (Å²) in [7, 11) is 0. The SMILES string of the molecule is CC(C)NCc1ccc(C(=O)C(C)(C)C)cc1. The lowest BCUT2D eigenvalue weighted by atomic mass is 9.86. The number of benzene rings is 1.